The molecule has 92 valence electrons. The molecule has 2 atom stereocenters. The van der Waals surface area contributed by atoms with E-state index in [1.165, 1.54) is 6.20 Å². The number of rotatable bonds is 8. The van der Waals surface area contributed by atoms with Crippen LogP contribution >= 0.6 is 11.7 Å². The second-order valence-corrected chi connectivity index (χ2v) is 3.96. The molecule has 1 heterocycles. The first-order valence-corrected chi connectivity index (χ1v) is 5.92. The Bertz CT molecular complexity index is 267. The van der Waals surface area contributed by atoms with E-state index in [9.17, 15) is 5.11 Å². The molecule has 1 rings (SSSR count). The Morgan fingerprint density at radius 3 is 3.00 bits per heavy atom. The summed E-state index contributed by atoms with van der Waals surface area (Å²) in [5.41, 5.74) is 0. The molecule has 0 saturated heterocycles. The molecule has 2 unspecified atom stereocenters. The first-order valence-electron chi connectivity index (χ1n) is 5.19. The fourth-order valence-corrected chi connectivity index (χ4v) is 1.47. The van der Waals surface area contributed by atoms with Crippen molar-refractivity contribution in [2.45, 2.75) is 25.5 Å². The predicted octanol–water partition coefficient (Wildman–Crippen LogP) is -0.362. The minimum absolute atomic E-state index is 0.0237. The van der Waals surface area contributed by atoms with Crippen LogP contribution in [0.1, 0.15) is 13.3 Å². The van der Waals surface area contributed by atoms with Gasteiger partial charge in [-0.3, -0.25) is 0 Å². The van der Waals surface area contributed by atoms with E-state index in [1.807, 2.05) is 6.92 Å². The molecule has 0 fully saturated rings. The zero-order valence-electron chi connectivity index (χ0n) is 9.17. The lowest BCUT2D eigenvalue weighted by molar-refractivity contribution is 0.0977. The number of aliphatic hydroxyl groups is 2. The molecule has 3 N–H and O–H groups in total. The largest absolute Gasteiger partial charge is 0.473 e. The molecular weight excluding hydrogens is 230 g/mol. The number of hydrogen-bond acceptors (Lipinski definition) is 7. The summed E-state index contributed by atoms with van der Waals surface area (Å²) in [7, 11) is 0. The highest BCUT2D eigenvalue weighted by atomic mass is 32.1. The van der Waals surface area contributed by atoms with E-state index in [0.29, 0.717) is 12.4 Å². The molecule has 0 aromatic carbocycles. The van der Waals surface area contributed by atoms with Gasteiger partial charge in [0.15, 0.2) is 0 Å². The van der Waals surface area contributed by atoms with E-state index < -0.39 is 6.10 Å². The normalized spacial score (nSPS) is 14.7. The third kappa shape index (κ3) is 4.84. The number of nitrogens with zero attached hydrogens (tertiary/aromatic N) is 2. The zero-order chi connectivity index (χ0) is 11.8. The number of hydrogen-bond donors (Lipinski definition) is 3. The molecule has 16 heavy (non-hydrogen) atoms. The summed E-state index contributed by atoms with van der Waals surface area (Å²) in [5, 5.41) is 21.5. The molecule has 0 aliphatic heterocycles. The Kier molecular flexibility index (Phi) is 6.24. The molecule has 0 radical (unpaired) electrons. The van der Waals surface area contributed by atoms with Gasteiger partial charge in [0.1, 0.15) is 18.9 Å². The highest BCUT2D eigenvalue weighted by Gasteiger charge is 2.09. The lowest BCUT2D eigenvalue weighted by Crippen LogP contribution is -2.39. The van der Waals surface area contributed by atoms with Crippen LogP contribution in [0.5, 0.6) is 5.88 Å². The van der Waals surface area contributed by atoms with Crippen LogP contribution in [0.2, 0.25) is 0 Å². The van der Waals surface area contributed by atoms with Crippen molar-refractivity contribution in [3.8, 4) is 5.88 Å². The molecular formula is C9H17N3O3S. The fourth-order valence-electron chi connectivity index (χ4n) is 1.10. The van der Waals surface area contributed by atoms with Crippen molar-refractivity contribution in [2.24, 2.45) is 0 Å². The summed E-state index contributed by atoms with van der Waals surface area (Å²) in [6, 6.07) is 0.0237. The number of ether oxygens (including phenoxy) is 1. The minimum Gasteiger partial charge on any atom is -0.473 e. The molecule has 0 aliphatic carbocycles. The molecule has 0 amide bonds. The number of nitrogens with one attached hydrogen (secondary N) is 1. The van der Waals surface area contributed by atoms with E-state index >= 15 is 0 Å². The summed E-state index contributed by atoms with van der Waals surface area (Å²) in [4.78, 5) is 0. The van der Waals surface area contributed by atoms with Crippen LogP contribution in [0.3, 0.4) is 0 Å². The van der Waals surface area contributed by atoms with Gasteiger partial charge in [-0.15, -0.1) is 4.37 Å². The van der Waals surface area contributed by atoms with Gasteiger partial charge in [0.25, 0.3) is 0 Å². The minimum atomic E-state index is -0.623. The topological polar surface area (TPSA) is 87.5 Å². The summed E-state index contributed by atoms with van der Waals surface area (Å²) < 4.78 is 12.8. The fraction of sp³-hybridized carbons (Fsp3) is 0.778. The monoisotopic (exact) mass is 247 g/mol. The Morgan fingerprint density at radius 2 is 2.44 bits per heavy atom. The summed E-state index contributed by atoms with van der Waals surface area (Å²) in [6.45, 7) is 2.59. The average Bonchev–Trinajstić information content (AvgIpc) is 2.80. The molecule has 7 heteroatoms. The Labute approximate surface area is 98.6 Å². The van der Waals surface area contributed by atoms with E-state index in [-0.39, 0.29) is 19.3 Å². The lowest BCUT2D eigenvalue weighted by atomic mass is 10.2. The van der Waals surface area contributed by atoms with Gasteiger partial charge in [0.2, 0.25) is 5.88 Å². The SMILES string of the molecule is CCC(CO)NCC(O)COc1cnsn1. The van der Waals surface area contributed by atoms with Gasteiger partial charge < -0.3 is 20.3 Å². The Hall–Kier alpha value is -0.760. The van der Waals surface area contributed by atoms with E-state index in [2.05, 4.69) is 14.1 Å². The summed E-state index contributed by atoms with van der Waals surface area (Å²) in [5.74, 6) is 0.429. The average molecular weight is 247 g/mol. The molecule has 0 spiro atoms. The van der Waals surface area contributed by atoms with Crippen molar-refractivity contribution in [3.63, 3.8) is 0 Å². The molecule has 1 aromatic rings. The third-order valence-electron chi connectivity index (χ3n) is 2.12. The maximum absolute atomic E-state index is 9.57. The highest BCUT2D eigenvalue weighted by Crippen LogP contribution is 2.05. The van der Waals surface area contributed by atoms with Crippen molar-refractivity contribution in [1.29, 1.82) is 0 Å². The molecule has 0 saturated carbocycles. The van der Waals surface area contributed by atoms with Crippen LogP contribution in [0.15, 0.2) is 6.20 Å². The quantitative estimate of drug-likeness (QED) is 0.581. The highest BCUT2D eigenvalue weighted by molar-refractivity contribution is 6.99. The van der Waals surface area contributed by atoms with Crippen LogP contribution in [0, 0.1) is 0 Å². The molecule has 0 aliphatic rings. The third-order valence-corrected chi connectivity index (χ3v) is 2.58. The number of aliphatic hydroxyl groups excluding tert-OH is 2. The summed E-state index contributed by atoms with van der Waals surface area (Å²) in [6.07, 6.45) is 1.70. The molecule has 1 aromatic heterocycles. The van der Waals surface area contributed by atoms with Gasteiger partial charge in [-0.05, 0) is 6.42 Å². The predicted molar refractivity (Wildman–Crippen MR) is 60.6 cm³/mol. The molecule has 6 nitrogen and oxygen atoms in total. The van der Waals surface area contributed by atoms with Crippen LogP contribution in [0.25, 0.3) is 0 Å². The van der Waals surface area contributed by atoms with Crippen molar-refractivity contribution in [1.82, 2.24) is 14.1 Å². The maximum atomic E-state index is 9.57. The van der Waals surface area contributed by atoms with Gasteiger partial charge in [0.05, 0.1) is 18.3 Å². The van der Waals surface area contributed by atoms with Gasteiger partial charge in [-0.2, -0.15) is 4.37 Å². The van der Waals surface area contributed by atoms with Crippen molar-refractivity contribution in [3.05, 3.63) is 6.20 Å². The Morgan fingerprint density at radius 1 is 1.62 bits per heavy atom. The van der Waals surface area contributed by atoms with Gasteiger partial charge in [-0.25, -0.2) is 0 Å². The first-order chi connectivity index (χ1) is 7.76. The van der Waals surface area contributed by atoms with E-state index in [0.717, 1.165) is 18.1 Å². The first kappa shape index (κ1) is 13.3. The number of aromatic nitrogens is 2. The van der Waals surface area contributed by atoms with Gasteiger partial charge in [0, 0.05) is 12.6 Å². The Balaban J connectivity index is 2.13. The van der Waals surface area contributed by atoms with Gasteiger partial charge >= 0.3 is 0 Å². The second kappa shape index (κ2) is 7.50. The smallest absolute Gasteiger partial charge is 0.245 e. The van der Waals surface area contributed by atoms with Crippen molar-refractivity contribution >= 4 is 11.7 Å². The lowest BCUT2D eigenvalue weighted by Gasteiger charge is -2.17. The maximum Gasteiger partial charge on any atom is 0.245 e. The van der Waals surface area contributed by atoms with Crippen molar-refractivity contribution in [2.75, 3.05) is 19.8 Å². The van der Waals surface area contributed by atoms with E-state index in [1.54, 1.807) is 0 Å². The van der Waals surface area contributed by atoms with Crippen LogP contribution in [0.4, 0.5) is 0 Å². The van der Waals surface area contributed by atoms with Crippen LogP contribution < -0.4 is 10.1 Å². The molecule has 0 bridgehead atoms. The second-order valence-electron chi connectivity index (χ2n) is 3.41. The summed E-state index contributed by atoms with van der Waals surface area (Å²) >= 11 is 1.06. The zero-order valence-corrected chi connectivity index (χ0v) is 9.98. The van der Waals surface area contributed by atoms with E-state index in [4.69, 9.17) is 9.84 Å². The standard InChI is InChI=1S/C9H17N3O3S/c1-2-7(5-13)10-3-8(14)6-15-9-4-11-16-12-9/h4,7-8,10,13-14H,2-3,5-6H2,1H3. The van der Waals surface area contributed by atoms with Crippen LogP contribution in [-0.4, -0.2) is 50.9 Å². The van der Waals surface area contributed by atoms with Crippen molar-refractivity contribution < 1.29 is 14.9 Å². The van der Waals surface area contributed by atoms with Crippen LogP contribution in [-0.2, 0) is 0 Å². The van der Waals surface area contributed by atoms with Gasteiger partial charge in [-0.1, -0.05) is 6.92 Å².